The maximum atomic E-state index is 9.44. The molecule has 0 spiro atoms. The van der Waals surface area contributed by atoms with Crippen molar-refractivity contribution >= 4 is 5.78 Å². The van der Waals surface area contributed by atoms with E-state index in [1.807, 2.05) is 0 Å². The van der Waals surface area contributed by atoms with Crippen molar-refractivity contribution in [3.63, 3.8) is 0 Å². The summed E-state index contributed by atoms with van der Waals surface area (Å²) in [6, 6.07) is 0. The van der Waals surface area contributed by atoms with Crippen LogP contribution in [0.15, 0.2) is 0 Å². The number of carbonyl (C=O) groups excluding carboxylic acids is 1. The molecule has 0 aliphatic carbocycles. The van der Waals surface area contributed by atoms with Gasteiger partial charge in [-0.25, -0.2) is 0 Å². The van der Waals surface area contributed by atoms with E-state index in [1.54, 1.807) is 0 Å². The molecule has 0 aromatic rings. The molecular weight excluding hydrogens is 233 g/mol. The Balaban J connectivity index is 0. The van der Waals surface area contributed by atoms with Crippen molar-refractivity contribution in [1.29, 1.82) is 0 Å². The van der Waals surface area contributed by atoms with Crippen LogP contribution in [0.4, 0.5) is 0 Å². The van der Waals surface area contributed by atoms with Gasteiger partial charge in [0, 0.05) is 22.4 Å². The van der Waals surface area contributed by atoms with E-state index in [2.05, 4.69) is 0 Å². The van der Waals surface area contributed by atoms with Crippen molar-refractivity contribution in [3.8, 4) is 0 Å². The van der Waals surface area contributed by atoms with Crippen LogP contribution in [0, 0.1) is 0 Å². The van der Waals surface area contributed by atoms with Crippen molar-refractivity contribution in [2.45, 2.75) is 13.8 Å². The van der Waals surface area contributed by atoms with Gasteiger partial charge < -0.3 is 4.79 Å². The molecule has 0 aromatic heterocycles. The van der Waals surface area contributed by atoms with E-state index in [0.717, 1.165) is 0 Å². The largest absolute Gasteiger partial charge is 0.300 e. The van der Waals surface area contributed by atoms with Crippen LogP contribution in [-0.2, 0) is 27.2 Å². The van der Waals surface area contributed by atoms with Gasteiger partial charge >= 0.3 is 0 Å². The van der Waals surface area contributed by atoms with E-state index < -0.39 is 0 Å². The molecule has 29 valence electrons. The Morgan fingerprint density at radius 1 is 1.40 bits per heavy atom. The smallest absolute Gasteiger partial charge is 0.126 e. The van der Waals surface area contributed by atoms with Crippen LogP contribution < -0.4 is 0 Å². The molecule has 0 heterocycles. The minimum absolute atomic E-state index is 0. The van der Waals surface area contributed by atoms with Crippen molar-refractivity contribution in [3.05, 3.63) is 0 Å². The van der Waals surface area contributed by atoms with E-state index in [0.29, 0.717) is 0 Å². The summed E-state index contributed by atoms with van der Waals surface area (Å²) in [6.45, 7) is 3.06. The predicted octanol–water partition coefficient (Wildman–Crippen LogP) is 0.593. The Hall–Kier alpha value is 0.410. The van der Waals surface area contributed by atoms with Crippen molar-refractivity contribution in [2.24, 2.45) is 0 Å². The fraction of sp³-hybridized carbons (Fsp3) is 0.667. The van der Waals surface area contributed by atoms with Gasteiger partial charge in [0.25, 0.3) is 0 Å². The molecule has 0 N–H and O–H groups in total. The second-order valence-electron chi connectivity index (χ2n) is 0.908. The first-order chi connectivity index (χ1) is 1.73. The SMILES string of the molecule is CC(C)=O.[Ta]. The van der Waals surface area contributed by atoms with E-state index >= 15 is 0 Å². The Labute approximate surface area is 47.3 Å². The number of Topliss-reactive ketones (excluding diaryl/α,β-unsaturated/α-hetero) is 1. The topological polar surface area (TPSA) is 17.1 Å². The van der Waals surface area contributed by atoms with E-state index in [-0.39, 0.29) is 28.2 Å². The van der Waals surface area contributed by atoms with Gasteiger partial charge in [-0.1, -0.05) is 0 Å². The van der Waals surface area contributed by atoms with Crippen LogP contribution in [-0.4, -0.2) is 5.78 Å². The molecule has 0 aromatic carbocycles. The standard InChI is InChI=1S/C3H6O.Ta/c1-3(2)4;/h1-2H3;. The summed E-state index contributed by atoms with van der Waals surface area (Å²) in [6.07, 6.45) is 0. The van der Waals surface area contributed by atoms with Crippen LogP contribution in [0.3, 0.4) is 0 Å². The Morgan fingerprint density at radius 3 is 1.40 bits per heavy atom. The molecule has 0 bridgehead atoms. The average molecular weight is 239 g/mol. The third kappa shape index (κ3) is 152. The summed E-state index contributed by atoms with van der Waals surface area (Å²) in [4.78, 5) is 9.44. The Morgan fingerprint density at radius 2 is 1.40 bits per heavy atom. The number of carbonyl (C=O) groups is 1. The number of hydrogen-bond donors (Lipinski definition) is 0. The minimum atomic E-state index is 0. The summed E-state index contributed by atoms with van der Waals surface area (Å²) in [5.41, 5.74) is 0. The van der Waals surface area contributed by atoms with Gasteiger partial charge in [-0.3, -0.25) is 0 Å². The van der Waals surface area contributed by atoms with Gasteiger partial charge in [0.2, 0.25) is 0 Å². The first kappa shape index (κ1) is 9.05. The minimum Gasteiger partial charge on any atom is -0.300 e. The van der Waals surface area contributed by atoms with Crippen molar-refractivity contribution in [2.75, 3.05) is 0 Å². The number of ketones is 1. The maximum Gasteiger partial charge on any atom is 0.126 e. The monoisotopic (exact) mass is 239 g/mol. The van der Waals surface area contributed by atoms with E-state index in [4.69, 9.17) is 0 Å². The van der Waals surface area contributed by atoms with Crippen molar-refractivity contribution in [1.82, 2.24) is 0 Å². The molecule has 0 aliphatic heterocycles. The molecule has 1 nitrogen and oxygen atoms in total. The van der Waals surface area contributed by atoms with E-state index in [1.165, 1.54) is 13.8 Å². The summed E-state index contributed by atoms with van der Waals surface area (Å²) in [5, 5.41) is 0. The van der Waals surface area contributed by atoms with Gasteiger partial charge in [-0.15, -0.1) is 0 Å². The van der Waals surface area contributed by atoms with Crippen LogP contribution in [0.2, 0.25) is 0 Å². The quantitative estimate of drug-likeness (QED) is 0.604. The molecule has 5 heavy (non-hydrogen) atoms. The zero-order valence-electron chi connectivity index (χ0n) is 3.36. The Bertz CT molecular complexity index is 29.9. The normalized spacial score (nSPS) is 5.20. The molecule has 0 saturated carbocycles. The average Bonchev–Trinajstić information content (AvgIpc) is 0.811. The third-order valence-electron chi connectivity index (χ3n) is 0. The summed E-state index contributed by atoms with van der Waals surface area (Å²) >= 11 is 0. The van der Waals surface area contributed by atoms with Crippen molar-refractivity contribution < 1.29 is 27.2 Å². The predicted molar refractivity (Wildman–Crippen MR) is 16.4 cm³/mol. The summed E-state index contributed by atoms with van der Waals surface area (Å²) in [5.74, 6) is 0.167. The first-order valence-electron chi connectivity index (χ1n) is 1.20. The van der Waals surface area contributed by atoms with Gasteiger partial charge in [0.15, 0.2) is 0 Å². The summed E-state index contributed by atoms with van der Waals surface area (Å²) in [7, 11) is 0. The third-order valence-corrected chi connectivity index (χ3v) is 0. The van der Waals surface area contributed by atoms with Crippen LogP contribution in [0.5, 0.6) is 0 Å². The number of hydrogen-bond acceptors (Lipinski definition) is 1. The molecule has 0 aliphatic rings. The second-order valence-corrected chi connectivity index (χ2v) is 0.908. The van der Waals surface area contributed by atoms with Gasteiger partial charge in [0.1, 0.15) is 5.78 Å². The molecular formula is C3H6OTa. The molecule has 2 heteroatoms. The van der Waals surface area contributed by atoms with Crippen LogP contribution in [0.25, 0.3) is 0 Å². The molecule has 0 rings (SSSR count). The molecule has 0 saturated heterocycles. The van der Waals surface area contributed by atoms with Crippen LogP contribution >= 0.6 is 0 Å². The maximum absolute atomic E-state index is 9.44. The fourth-order valence-corrected chi connectivity index (χ4v) is 0. The summed E-state index contributed by atoms with van der Waals surface area (Å²) < 4.78 is 0. The van der Waals surface area contributed by atoms with Gasteiger partial charge in [-0.05, 0) is 13.8 Å². The Kier molecular flexibility index (Phi) is 7.98. The number of rotatable bonds is 0. The molecule has 1 radical (unpaired) electrons. The fourth-order valence-electron chi connectivity index (χ4n) is 0. The first-order valence-corrected chi connectivity index (χ1v) is 1.20. The zero-order chi connectivity index (χ0) is 3.58. The van der Waals surface area contributed by atoms with E-state index in [9.17, 15) is 4.79 Å². The van der Waals surface area contributed by atoms with Gasteiger partial charge in [0.05, 0.1) is 0 Å². The van der Waals surface area contributed by atoms with Gasteiger partial charge in [-0.2, -0.15) is 0 Å². The molecule has 0 unspecified atom stereocenters. The molecule has 0 amide bonds. The second kappa shape index (κ2) is 4.41. The van der Waals surface area contributed by atoms with Crippen LogP contribution in [0.1, 0.15) is 13.8 Å². The molecule has 0 fully saturated rings. The molecule has 0 atom stereocenters. The zero-order valence-corrected chi connectivity index (χ0v) is 6.57.